The lowest BCUT2D eigenvalue weighted by Gasteiger charge is -2.19. The Morgan fingerprint density at radius 2 is 2.26 bits per heavy atom. The minimum Gasteiger partial charge on any atom is -0.351 e. The van der Waals surface area contributed by atoms with E-state index in [1.807, 2.05) is 12.1 Å². The number of carbonyl (C=O) groups is 1. The second-order valence-corrected chi connectivity index (χ2v) is 6.15. The topological polar surface area (TPSA) is 32.3 Å². The third kappa shape index (κ3) is 4.23. The van der Waals surface area contributed by atoms with Crippen molar-refractivity contribution in [3.63, 3.8) is 0 Å². The lowest BCUT2D eigenvalue weighted by molar-refractivity contribution is 0.0947. The lowest BCUT2D eigenvalue weighted by Crippen LogP contribution is -2.36. The molecule has 0 bridgehead atoms. The summed E-state index contributed by atoms with van der Waals surface area (Å²) in [5.74, 6) is -0.0466. The number of thiol groups is 1. The number of rotatable bonds is 6. The Bertz CT molecular complexity index is 463. The average molecular weight is 343 g/mol. The highest BCUT2D eigenvalue weighted by atomic mass is 79.9. The molecule has 0 saturated heterocycles. The number of nitrogens with one attached hydrogen (secondary N) is 1. The van der Waals surface area contributed by atoms with Gasteiger partial charge in [-0.15, -0.1) is 12.6 Å². The van der Waals surface area contributed by atoms with Crippen LogP contribution in [0.4, 0.5) is 0 Å². The summed E-state index contributed by atoms with van der Waals surface area (Å²) in [7, 11) is 0. The van der Waals surface area contributed by atoms with Gasteiger partial charge in [0.05, 0.1) is 5.56 Å². The Hall–Kier alpha value is -0.520. The molecule has 0 spiro atoms. The van der Waals surface area contributed by atoms with E-state index in [9.17, 15) is 4.79 Å². The summed E-state index contributed by atoms with van der Waals surface area (Å²) in [4.78, 5) is 15.3. The van der Waals surface area contributed by atoms with Crippen LogP contribution < -0.4 is 5.32 Å². The maximum atomic E-state index is 12.1. The number of hydrogen-bond acceptors (Lipinski definition) is 3. The SMILES string of the molecule is CCN(CCNC(=O)c1cc(S)ccc1Br)C1CC1. The van der Waals surface area contributed by atoms with Gasteiger partial charge in [-0.05, 0) is 53.5 Å². The standard InChI is InChI=1S/C14H19BrN2OS/c1-2-17(10-3-4-10)8-7-16-14(18)12-9-11(19)5-6-13(12)15/h5-6,9-10,19H,2-4,7-8H2,1H3,(H,16,18). The van der Waals surface area contributed by atoms with Crippen LogP contribution in [0, 0.1) is 0 Å². The molecule has 0 radical (unpaired) electrons. The summed E-state index contributed by atoms with van der Waals surface area (Å²) in [5, 5.41) is 2.97. The van der Waals surface area contributed by atoms with Gasteiger partial charge in [-0.25, -0.2) is 0 Å². The Kier molecular flexibility index (Phi) is 5.30. The van der Waals surface area contributed by atoms with E-state index in [1.54, 1.807) is 6.07 Å². The first-order valence-corrected chi connectivity index (χ1v) is 7.86. The third-order valence-electron chi connectivity index (χ3n) is 3.35. The first-order chi connectivity index (χ1) is 9.11. The van der Waals surface area contributed by atoms with Crippen molar-refractivity contribution in [2.24, 2.45) is 0 Å². The van der Waals surface area contributed by atoms with Gasteiger partial charge in [-0.2, -0.15) is 0 Å². The lowest BCUT2D eigenvalue weighted by atomic mass is 10.2. The molecule has 19 heavy (non-hydrogen) atoms. The molecule has 3 nitrogen and oxygen atoms in total. The molecule has 1 fully saturated rings. The monoisotopic (exact) mass is 342 g/mol. The molecule has 1 aliphatic carbocycles. The molecule has 1 aromatic carbocycles. The molecule has 1 aliphatic rings. The molecule has 0 atom stereocenters. The average Bonchev–Trinajstić information content (AvgIpc) is 3.21. The fraction of sp³-hybridized carbons (Fsp3) is 0.500. The van der Waals surface area contributed by atoms with E-state index in [4.69, 9.17) is 0 Å². The van der Waals surface area contributed by atoms with Crippen molar-refractivity contribution in [3.05, 3.63) is 28.2 Å². The summed E-state index contributed by atoms with van der Waals surface area (Å²) in [5.41, 5.74) is 0.641. The number of amides is 1. The van der Waals surface area contributed by atoms with Crippen molar-refractivity contribution < 1.29 is 4.79 Å². The Morgan fingerprint density at radius 3 is 2.89 bits per heavy atom. The maximum Gasteiger partial charge on any atom is 0.252 e. The Balaban J connectivity index is 1.85. The van der Waals surface area contributed by atoms with Crippen molar-refractivity contribution in [1.29, 1.82) is 0 Å². The molecule has 0 unspecified atom stereocenters. The van der Waals surface area contributed by atoms with Crippen LogP contribution in [0.2, 0.25) is 0 Å². The summed E-state index contributed by atoms with van der Waals surface area (Å²) in [6, 6.07) is 6.23. The minimum absolute atomic E-state index is 0.0466. The van der Waals surface area contributed by atoms with Crippen LogP contribution in [0.5, 0.6) is 0 Å². The zero-order valence-electron chi connectivity index (χ0n) is 11.0. The number of hydrogen-bond donors (Lipinski definition) is 2. The zero-order valence-corrected chi connectivity index (χ0v) is 13.5. The molecule has 104 valence electrons. The van der Waals surface area contributed by atoms with Crippen molar-refractivity contribution >= 4 is 34.5 Å². The summed E-state index contributed by atoms with van der Waals surface area (Å²) >= 11 is 7.65. The van der Waals surface area contributed by atoms with E-state index in [1.165, 1.54) is 12.8 Å². The second kappa shape index (κ2) is 6.77. The van der Waals surface area contributed by atoms with Crippen molar-refractivity contribution in [1.82, 2.24) is 10.2 Å². The molecule has 1 N–H and O–H groups in total. The Morgan fingerprint density at radius 1 is 1.53 bits per heavy atom. The summed E-state index contributed by atoms with van der Waals surface area (Å²) < 4.78 is 0.803. The molecular weight excluding hydrogens is 324 g/mol. The van der Waals surface area contributed by atoms with E-state index in [0.29, 0.717) is 12.1 Å². The van der Waals surface area contributed by atoms with Gasteiger partial charge in [-0.3, -0.25) is 9.69 Å². The van der Waals surface area contributed by atoms with Crippen LogP contribution in [-0.2, 0) is 0 Å². The Labute approximate surface area is 128 Å². The summed E-state index contributed by atoms with van der Waals surface area (Å²) in [6.07, 6.45) is 2.60. The normalized spacial score (nSPS) is 14.7. The molecule has 1 saturated carbocycles. The van der Waals surface area contributed by atoms with E-state index in [-0.39, 0.29) is 5.91 Å². The van der Waals surface area contributed by atoms with E-state index < -0.39 is 0 Å². The smallest absolute Gasteiger partial charge is 0.252 e. The van der Waals surface area contributed by atoms with Crippen LogP contribution in [0.1, 0.15) is 30.1 Å². The number of likely N-dealkylation sites (N-methyl/N-ethyl adjacent to an activating group) is 1. The maximum absolute atomic E-state index is 12.1. The van der Waals surface area contributed by atoms with E-state index in [0.717, 1.165) is 28.5 Å². The molecule has 0 aliphatic heterocycles. The zero-order chi connectivity index (χ0) is 13.8. The highest BCUT2D eigenvalue weighted by Crippen LogP contribution is 2.26. The molecule has 0 aromatic heterocycles. The predicted octanol–water partition coefficient (Wildman–Crippen LogP) is 2.95. The molecule has 1 amide bonds. The number of benzene rings is 1. The molecule has 2 rings (SSSR count). The van der Waals surface area contributed by atoms with E-state index >= 15 is 0 Å². The highest BCUT2D eigenvalue weighted by molar-refractivity contribution is 9.10. The van der Waals surface area contributed by atoms with Crippen LogP contribution in [-0.4, -0.2) is 36.5 Å². The quantitative estimate of drug-likeness (QED) is 0.779. The predicted molar refractivity (Wildman–Crippen MR) is 84.0 cm³/mol. The van der Waals surface area contributed by atoms with Crippen molar-refractivity contribution in [2.45, 2.75) is 30.7 Å². The first kappa shape index (κ1) is 14.9. The number of nitrogens with zero attached hydrogens (tertiary/aromatic N) is 1. The summed E-state index contributed by atoms with van der Waals surface area (Å²) in [6.45, 7) is 4.83. The number of carbonyl (C=O) groups excluding carboxylic acids is 1. The van der Waals surface area contributed by atoms with Gasteiger partial charge in [0.15, 0.2) is 0 Å². The van der Waals surface area contributed by atoms with Crippen molar-refractivity contribution in [3.8, 4) is 0 Å². The molecule has 0 heterocycles. The van der Waals surface area contributed by atoms with Crippen LogP contribution in [0.25, 0.3) is 0 Å². The van der Waals surface area contributed by atoms with Gasteiger partial charge >= 0.3 is 0 Å². The fourth-order valence-electron chi connectivity index (χ4n) is 2.13. The largest absolute Gasteiger partial charge is 0.351 e. The van der Waals surface area contributed by atoms with Gasteiger partial charge in [0.1, 0.15) is 0 Å². The number of halogens is 1. The molecule has 1 aromatic rings. The molecular formula is C14H19BrN2OS. The second-order valence-electron chi connectivity index (χ2n) is 4.78. The van der Waals surface area contributed by atoms with Crippen LogP contribution in [0.3, 0.4) is 0 Å². The fourth-order valence-corrected chi connectivity index (χ4v) is 2.76. The third-order valence-corrected chi connectivity index (χ3v) is 4.32. The van der Waals surface area contributed by atoms with Crippen LogP contribution in [0.15, 0.2) is 27.6 Å². The van der Waals surface area contributed by atoms with E-state index in [2.05, 4.69) is 45.7 Å². The van der Waals surface area contributed by atoms with Gasteiger partial charge in [0, 0.05) is 28.5 Å². The first-order valence-electron chi connectivity index (χ1n) is 6.62. The van der Waals surface area contributed by atoms with Gasteiger partial charge in [0.25, 0.3) is 5.91 Å². The minimum atomic E-state index is -0.0466. The van der Waals surface area contributed by atoms with Gasteiger partial charge < -0.3 is 5.32 Å². The highest BCUT2D eigenvalue weighted by Gasteiger charge is 2.27. The van der Waals surface area contributed by atoms with Gasteiger partial charge in [0.2, 0.25) is 0 Å². The van der Waals surface area contributed by atoms with Crippen LogP contribution >= 0.6 is 28.6 Å². The molecule has 5 heteroatoms. The van der Waals surface area contributed by atoms with Gasteiger partial charge in [-0.1, -0.05) is 6.92 Å². The van der Waals surface area contributed by atoms with Crippen molar-refractivity contribution in [2.75, 3.05) is 19.6 Å².